The molecule has 0 aromatic heterocycles. The Balaban J connectivity index is 1.95. The van der Waals surface area contributed by atoms with Crippen molar-refractivity contribution in [3.8, 4) is 5.75 Å². The summed E-state index contributed by atoms with van der Waals surface area (Å²) in [4.78, 5) is 3.99. The summed E-state index contributed by atoms with van der Waals surface area (Å²) in [5, 5.41) is 10.9. The van der Waals surface area contributed by atoms with Crippen molar-refractivity contribution in [2.45, 2.75) is 24.3 Å². The summed E-state index contributed by atoms with van der Waals surface area (Å²) in [6.45, 7) is 0.363. The smallest absolute Gasteiger partial charge is 0.405 e. The van der Waals surface area contributed by atoms with E-state index in [1.807, 2.05) is 0 Å². The predicted octanol–water partition coefficient (Wildman–Crippen LogP) is 2.10. The summed E-state index contributed by atoms with van der Waals surface area (Å²) in [7, 11) is -2.25. The molecule has 0 radical (unpaired) electrons. The molecule has 4 N–H and O–H groups in total. The monoisotopic (exact) mass is 416 g/mol. The van der Waals surface area contributed by atoms with Crippen LogP contribution >= 0.6 is 0 Å². The van der Waals surface area contributed by atoms with Crippen molar-refractivity contribution in [2.24, 2.45) is 10.1 Å². The van der Waals surface area contributed by atoms with Gasteiger partial charge in [0.15, 0.2) is 5.96 Å². The summed E-state index contributed by atoms with van der Waals surface area (Å²) >= 11 is 0. The molecule has 11 heteroatoms. The Hall–Kier alpha value is -2.79. The van der Waals surface area contributed by atoms with Gasteiger partial charge in [0.05, 0.1) is 4.90 Å². The quantitative estimate of drug-likeness (QED) is 0.494. The SMILES string of the molecule is CN=C(NCc1ccc(S(N)(=O)=O)cc1)NCc1ccccc1OC(F)(F)F. The fourth-order valence-corrected chi connectivity index (χ4v) is 2.77. The van der Waals surface area contributed by atoms with Gasteiger partial charge < -0.3 is 15.4 Å². The van der Waals surface area contributed by atoms with E-state index in [0.717, 1.165) is 5.56 Å². The highest BCUT2D eigenvalue weighted by atomic mass is 32.2. The maximum Gasteiger partial charge on any atom is 0.573 e. The van der Waals surface area contributed by atoms with E-state index < -0.39 is 16.4 Å². The second-order valence-corrected chi connectivity index (χ2v) is 7.19. The fraction of sp³-hybridized carbons (Fsp3) is 0.235. The number of guanidine groups is 1. The summed E-state index contributed by atoms with van der Waals surface area (Å²) in [6.07, 6.45) is -4.78. The molecule has 0 aliphatic carbocycles. The maximum atomic E-state index is 12.5. The first-order valence-corrected chi connectivity index (χ1v) is 9.53. The highest BCUT2D eigenvalue weighted by molar-refractivity contribution is 7.89. The van der Waals surface area contributed by atoms with Crippen molar-refractivity contribution < 1.29 is 26.3 Å². The molecule has 0 atom stereocenters. The summed E-state index contributed by atoms with van der Waals surface area (Å²) < 4.78 is 63.9. The molecule has 152 valence electrons. The van der Waals surface area contributed by atoms with Gasteiger partial charge in [0.25, 0.3) is 0 Å². The molecule has 2 aromatic rings. The number of hydrogen-bond donors (Lipinski definition) is 3. The first-order valence-electron chi connectivity index (χ1n) is 7.98. The van der Waals surface area contributed by atoms with Crippen LogP contribution in [0.25, 0.3) is 0 Å². The van der Waals surface area contributed by atoms with Crippen molar-refractivity contribution in [3.05, 3.63) is 59.7 Å². The Morgan fingerprint density at radius 1 is 1.07 bits per heavy atom. The number of aliphatic imine (C=N–C) groups is 1. The lowest BCUT2D eigenvalue weighted by molar-refractivity contribution is -0.274. The largest absolute Gasteiger partial charge is 0.573 e. The number of benzene rings is 2. The highest BCUT2D eigenvalue weighted by Crippen LogP contribution is 2.26. The minimum Gasteiger partial charge on any atom is -0.405 e. The van der Waals surface area contributed by atoms with Crippen LogP contribution in [0.1, 0.15) is 11.1 Å². The summed E-state index contributed by atoms with van der Waals surface area (Å²) in [5.41, 5.74) is 1.07. The molecule has 0 aliphatic rings. The predicted molar refractivity (Wildman–Crippen MR) is 98.0 cm³/mol. The Kier molecular flexibility index (Phi) is 6.86. The molecule has 7 nitrogen and oxygen atoms in total. The van der Waals surface area contributed by atoms with Crippen LogP contribution in [-0.4, -0.2) is 27.8 Å². The van der Waals surface area contributed by atoms with E-state index in [0.29, 0.717) is 18.1 Å². The molecule has 28 heavy (non-hydrogen) atoms. The first-order chi connectivity index (χ1) is 13.1. The normalized spacial score (nSPS) is 12.5. The van der Waals surface area contributed by atoms with Gasteiger partial charge in [-0.1, -0.05) is 30.3 Å². The van der Waals surface area contributed by atoms with Crippen LogP contribution in [0.5, 0.6) is 5.75 Å². The highest BCUT2D eigenvalue weighted by Gasteiger charge is 2.31. The van der Waals surface area contributed by atoms with E-state index in [1.54, 1.807) is 18.2 Å². The van der Waals surface area contributed by atoms with Crippen molar-refractivity contribution in [2.75, 3.05) is 7.05 Å². The van der Waals surface area contributed by atoms with Gasteiger partial charge in [0.2, 0.25) is 10.0 Å². The van der Waals surface area contributed by atoms with Crippen molar-refractivity contribution in [1.82, 2.24) is 10.6 Å². The first kappa shape index (κ1) is 21.5. The van der Waals surface area contributed by atoms with Crippen LogP contribution in [0, 0.1) is 0 Å². The molecule has 0 saturated carbocycles. The molecule has 0 amide bonds. The molecule has 0 heterocycles. The van der Waals surface area contributed by atoms with Gasteiger partial charge in [-0.2, -0.15) is 0 Å². The third-order valence-electron chi connectivity index (χ3n) is 3.58. The molecule has 0 bridgehead atoms. The number of para-hydroxylation sites is 1. The molecule has 0 saturated heterocycles. The van der Waals surface area contributed by atoms with Gasteiger partial charge in [-0.25, -0.2) is 13.6 Å². The third kappa shape index (κ3) is 6.74. The topological polar surface area (TPSA) is 106 Å². The number of sulfonamides is 1. The molecular formula is C17H19F3N4O3S. The second-order valence-electron chi connectivity index (χ2n) is 5.62. The molecule has 2 rings (SSSR count). The van der Waals surface area contributed by atoms with E-state index in [2.05, 4.69) is 20.4 Å². The Morgan fingerprint density at radius 2 is 1.68 bits per heavy atom. The zero-order chi connectivity index (χ0) is 20.8. The lowest BCUT2D eigenvalue weighted by Gasteiger charge is -2.15. The van der Waals surface area contributed by atoms with Crippen molar-refractivity contribution >= 4 is 16.0 Å². The number of primary sulfonamides is 1. The second kappa shape index (κ2) is 8.93. The fourth-order valence-electron chi connectivity index (χ4n) is 2.26. The number of alkyl halides is 3. The summed E-state index contributed by atoms with van der Waals surface area (Å²) in [5.74, 6) is 0.0499. The molecule has 0 aliphatic heterocycles. The number of rotatable bonds is 6. The van der Waals surface area contributed by atoms with Crippen LogP contribution in [0.2, 0.25) is 0 Å². The van der Waals surface area contributed by atoms with Crippen LogP contribution in [-0.2, 0) is 23.1 Å². The van der Waals surface area contributed by atoms with E-state index >= 15 is 0 Å². The van der Waals surface area contributed by atoms with Crippen LogP contribution in [0.3, 0.4) is 0 Å². The van der Waals surface area contributed by atoms with E-state index in [4.69, 9.17) is 5.14 Å². The molecule has 0 fully saturated rings. The minimum absolute atomic E-state index is 0.0000266. The van der Waals surface area contributed by atoms with Gasteiger partial charge in [-0.15, -0.1) is 13.2 Å². The van der Waals surface area contributed by atoms with E-state index in [1.165, 1.54) is 37.4 Å². The molecular weight excluding hydrogens is 397 g/mol. The number of nitrogens with one attached hydrogen (secondary N) is 2. The zero-order valence-corrected chi connectivity index (χ0v) is 15.6. The molecule has 0 spiro atoms. The maximum absolute atomic E-state index is 12.5. The number of hydrogen-bond acceptors (Lipinski definition) is 4. The number of ether oxygens (including phenoxy) is 1. The summed E-state index contributed by atoms with van der Waals surface area (Å²) in [6, 6.07) is 11.7. The van der Waals surface area contributed by atoms with Gasteiger partial charge in [0, 0.05) is 25.7 Å². The standard InChI is InChI=1S/C17H19F3N4O3S/c1-22-16(23-10-12-6-8-14(9-7-12)28(21,25)26)24-11-13-4-2-3-5-15(13)27-17(18,19)20/h2-9H,10-11H2,1H3,(H2,21,25,26)(H2,22,23,24). The number of nitrogens with zero attached hydrogens (tertiary/aromatic N) is 1. The van der Waals surface area contributed by atoms with Gasteiger partial charge >= 0.3 is 6.36 Å². The lowest BCUT2D eigenvalue weighted by Crippen LogP contribution is -2.36. The van der Waals surface area contributed by atoms with Gasteiger partial charge in [-0.3, -0.25) is 4.99 Å². The number of halogens is 3. The average Bonchev–Trinajstić information content (AvgIpc) is 2.61. The molecule has 0 unspecified atom stereocenters. The van der Waals surface area contributed by atoms with Crippen molar-refractivity contribution in [3.63, 3.8) is 0 Å². The average molecular weight is 416 g/mol. The van der Waals surface area contributed by atoms with Gasteiger partial charge in [-0.05, 0) is 23.8 Å². The van der Waals surface area contributed by atoms with Crippen LogP contribution in [0.4, 0.5) is 13.2 Å². The Bertz CT molecular complexity index is 929. The number of nitrogens with two attached hydrogens (primary N) is 1. The van der Waals surface area contributed by atoms with E-state index in [9.17, 15) is 21.6 Å². The molecule has 2 aromatic carbocycles. The Labute approximate surface area is 160 Å². The van der Waals surface area contributed by atoms with Crippen LogP contribution < -0.4 is 20.5 Å². The Morgan fingerprint density at radius 3 is 2.25 bits per heavy atom. The van der Waals surface area contributed by atoms with Gasteiger partial charge in [0.1, 0.15) is 5.75 Å². The third-order valence-corrected chi connectivity index (χ3v) is 4.51. The van der Waals surface area contributed by atoms with Crippen molar-refractivity contribution in [1.29, 1.82) is 0 Å². The lowest BCUT2D eigenvalue weighted by atomic mass is 10.2. The van der Waals surface area contributed by atoms with Crippen LogP contribution in [0.15, 0.2) is 58.4 Å². The zero-order valence-electron chi connectivity index (χ0n) is 14.8. The minimum atomic E-state index is -4.78. The van der Waals surface area contributed by atoms with E-state index in [-0.39, 0.29) is 17.2 Å².